The minimum absolute atomic E-state index is 0.0220. The van der Waals surface area contributed by atoms with Crippen LogP contribution in [0, 0.1) is 18.7 Å². The zero-order chi connectivity index (χ0) is 26.2. The van der Waals surface area contributed by atoms with Gasteiger partial charge >= 0.3 is 6.09 Å². The quantitative estimate of drug-likeness (QED) is 0.532. The van der Waals surface area contributed by atoms with Crippen LogP contribution >= 0.6 is 0 Å². The van der Waals surface area contributed by atoms with Crippen LogP contribution in [0.4, 0.5) is 20.7 Å². The molecule has 0 spiro atoms. The highest BCUT2D eigenvalue weighted by molar-refractivity contribution is 6.03. The number of hydrogen-bond donors (Lipinski definition) is 1. The second-order valence-electron chi connectivity index (χ2n) is 10.2. The molecule has 1 saturated heterocycles. The van der Waals surface area contributed by atoms with E-state index in [4.69, 9.17) is 9.15 Å². The van der Waals surface area contributed by atoms with E-state index in [1.54, 1.807) is 11.8 Å². The average Bonchev–Trinajstić information content (AvgIpc) is 3.12. The van der Waals surface area contributed by atoms with Crippen molar-refractivity contribution in [3.8, 4) is 0 Å². The van der Waals surface area contributed by atoms with E-state index in [0.29, 0.717) is 31.3 Å². The van der Waals surface area contributed by atoms with Gasteiger partial charge in [0.15, 0.2) is 17.3 Å². The van der Waals surface area contributed by atoms with Gasteiger partial charge in [0.1, 0.15) is 22.6 Å². The summed E-state index contributed by atoms with van der Waals surface area (Å²) in [6.45, 7) is 13.1. The first-order valence-electron chi connectivity index (χ1n) is 11.8. The number of halogens is 1. The number of nitrogens with zero attached hydrogens (tertiary/aromatic N) is 5. The van der Waals surface area contributed by atoms with Crippen molar-refractivity contribution < 1.29 is 23.1 Å². The number of oxazole rings is 1. The molecule has 3 heterocycles. The fraction of sp³-hybridized carbons (Fsp3) is 0.480. The number of carbonyl (C=O) groups is 2. The first-order chi connectivity index (χ1) is 16.9. The predicted octanol–water partition coefficient (Wildman–Crippen LogP) is 4.40. The molecule has 10 nitrogen and oxygen atoms in total. The Morgan fingerprint density at radius 2 is 1.97 bits per heavy atom. The van der Waals surface area contributed by atoms with Gasteiger partial charge in [0.2, 0.25) is 0 Å². The molecule has 0 atom stereocenters. The molecular formula is C25H31FN6O4. The van der Waals surface area contributed by atoms with Gasteiger partial charge in [-0.1, -0.05) is 0 Å². The van der Waals surface area contributed by atoms with Crippen LogP contribution in [0.25, 0.3) is 11.1 Å². The van der Waals surface area contributed by atoms with Crippen LogP contribution < -0.4 is 10.2 Å². The third kappa shape index (κ3) is 5.72. The number of aryl methyl sites for hydroxylation is 1. The molecule has 0 aliphatic carbocycles. The van der Waals surface area contributed by atoms with Gasteiger partial charge in [0.05, 0.1) is 12.4 Å². The van der Waals surface area contributed by atoms with Crippen molar-refractivity contribution in [3.05, 3.63) is 41.9 Å². The number of rotatable bonds is 6. The fourth-order valence-corrected chi connectivity index (χ4v) is 3.94. The van der Waals surface area contributed by atoms with E-state index in [2.05, 4.69) is 20.3 Å². The molecule has 0 unspecified atom stereocenters. The maximum Gasteiger partial charge on any atom is 0.410 e. The number of anilines is 2. The van der Waals surface area contributed by atoms with Gasteiger partial charge < -0.3 is 24.3 Å². The fourth-order valence-electron chi connectivity index (χ4n) is 3.94. The molecular weight excluding hydrogens is 467 g/mol. The smallest absolute Gasteiger partial charge is 0.410 e. The van der Waals surface area contributed by atoms with Crippen molar-refractivity contribution in [2.75, 3.05) is 29.9 Å². The van der Waals surface area contributed by atoms with Crippen molar-refractivity contribution in [1.29, 1.82) is 0 Å². The normalized spacial score (nSPS) is 14.2. The van der Waals surface area contributed by atoms with Gasteiger partial charge in [0, 0.05) is 50.3 Å². The van der Waals surface area contributed by atoms with E-state index >= 15 is 0 Å². The van der Waals surface area contributed by atoms with Crippen LogP contribution in [-0.4, -0.2) is 63.1 Å². The largest absolute Gasteiger partial charge is 0.444 e. The number of hydrogen-bond acceptors (Lipinski definition) is 8. The molecule has 1 N–H and O–H groups in total. The van der Waals surface area contributed by atoms with E-state index in [1.807, 2.05) is 39.5 Å². The lowest BCUT2D eigenvalue weighted by molar-refractivity contribution is 0.0146. The lowest BCUT2D eigenvalue weighted by atomic mass is 9.99. The van der Waals surface area contributed by atoms with Crippen LogP contribution in [0.5, 0.6) is 0 Å². The second kappa shape index (κ2) is 9.71. The van der Waals surface area contributed by atoms with E-state index in [-0.39, 0.29) is 40.5 Å². The number of aromatic nitrogens is 3. The SMILES string of the molecule is Cc1nc2c(F)cc(NC(=O)c3cnc(N4CC(CN(C(=O)OC(C)(C)C)C(C)C)C4)cn3)cc2o1. The molecule has 1 fully saturated rings. The van der Waals surface area contributed by atoms with E-state index in [1.165, 1.54) is 24.5 Å². The third-order valence-corrected chi connectivity index (χ3v) is 5.67. The van der Waals surface area contributed by atoms with E-state index in [9.17, 15) is 14.0 Å². The first kappa shape index (κ1) is 25.3. The molecule has 0 bridgehead atoms. The van der Waals surface area contributed by atoms with E-state index < -0.39 is 17.3 Å². The topological polar surface area (TPSA) is 114 Å². The van der Waals surface area contributed by atoms with Gasteiger partial charge in [-0.3, -0.25) is 4.79 Å². The Balaban J connectivity index is 1.33. The van der Waals surface area contributed by atoms with Gasteiger partial charge in [0.25, 0.3) is 5.91 Å². The van der Waals surface area contributed by atoms with E-state index in [0.717, 1.165) is 0 Å². The van der Waals surface area contributed by atoms with Crippen molar-refractivity contribution in [2.24, 2.45) is 5.92 Å². The number of nitrogens with one attached hydrogen (secondary N) is 1. The van der Waals surface area contributed by atoms with Crippen LogP contribution in [-0.2, 0) is 4.74 Å². The lowest BCUT2D eigenvalue weighted by Gasteiger charge is -2.43. The highest BCUT2D eigenvalue weighted by atomic mass is 19.1. The molecule has 1 aromatic carbocycles. The zero-order valence-corrected chi connectivity index (χ0v) is 21.3. The highest BCUT2D eigenvalue weighted by Crippen LogP contribution is 2.26. The van der Waals surface area contributed by atoms with Gasteiger partial charge in [-0.15, -0.1) is 0 Å². The maximum absolute atomic E-state index is 14.2. The Kier molecular flexibility index (Phi) is 6.83. The van der Waals surface area contributed by atoms with Gasteiger partial charge in [-0.2, -0.15) is 0 Å². The molecule has 1 aliphatic rings. The number of ether oxygens (including phenoxy) is 1. The first-order valence-corrected chi connectivity index (χ1v) is 11.8. The Hall–Kier alpha value is -3.76. The monoisotopic (exact) mass is 498 g/mol. The number of carbonyl (C=O) groups excluding carboxylic acids is 2. The number of amides is 2. The van der Waals surface area contributed by atoms with Gasteiger partial charge in [-0.05, 0) is 40.7 Å². The molecule has 0 saturated carbocycles. The van der Waals surface area contributed by atoms with Crippen molar-refractivity contribution in [1.82, 2.24) is 19.9 Å². The zero-order valence-electron chi connectivity index (χ0n) is 21.3. The average molecular weight is 499 g/mol. The summed E-state index contributed by atoms with van der Waals surface area (Å²) >= 11 is 0. The summed E-state index contributed by atoms with van der Waals surface area (Å²) in [4.78, 5) is 41.5. The van der Waals surface area contributed by atoms with Crippen molar-refractivity contribution >= 4 is 34.6 Å². The molecule has 11 heteroatoms. The summed E-state index contributed by atoms with van der Waals surface area (Å²) in [5.74, 6) is 0.144. The Morgan fingerprint density at radius 1 is 1.25 bits per heavy atom. The molecule has 1 aliphatic heterocycles. The third-order valence-electron chi connectivity index (χ3n) is 5.67. The predicted molar refractivity (Wildman–Crippen MR) is 132 cm³/mol. The van der Waals surface area contributed by atoms with Crippen molar-refractivity contribution in [3.63, 3.8) is 0 Å². The Labute approximate surface area is 208 Å². The molecule has 0 radical (unpaired) electrons. The minimum atomic E-state index is -0.587. The van der Waals surface area contributed by atoms with Crippen molar-refractivity contribution in [2.45, 2.75) is 53.2 Å². The van der Waals surface area contributed by atoms with Crippen LogP contribution in [0.3, 0.4) is 0 Å². The highest BCUT2D eigenvalue weighted by Gasteiger charge is 2.33. The molecule has 3 aromatic rings. The lowest BCUT2D eigenvalue weighted by Crippen LogP contribution is -2.54. The summed E-state index contributed by atoms with van der Waals surface area (Å²) in [7, 11) is 0. The van der Waals surface area contributed by atoms with Crippen LogP contribution in [0.15, 0.2) is 28.9 Å². The van der Waals surface area contributed by atoms with Gasteiger partial charge in [-0.25, -0.2) is 24.1 Å². The number of benzene rings is 1. The van der Waals surface area contributed by atoms with Crippen LogP contribution in [0.2, 0.25) is 0 Å². The summed E-state index contributed by atoms with van der Waals surface area (Å²) in [5.41, 5.74) is 0.151. The maximum atomic E-state index is 14.2. The molecule has 2 amide bonds. The Bertz CT molecular complexity index is 1260. The summed E-state index contributed by atoms with van der Waals surface area (Å²) in [5, 5.41) is 2.61. The molecule has 4 rings (SSSR count). The second-order valence-corrected chi connectivity index (χ2v) is 10.2. The summed E-state index contributed by atoms with van der Waals surface area (Å²) in [6.07, 6.45) is 2.60. The Morgan fingerprint density at radius 3 is 2.58 bits per heavy atom. The number of fused-ring (bicyclic) bond motifs is 1. The molecule has 2 aromatic heterocycles. The summed E-state index contributed by atoms with van der Waals surface area (Å²) in [6, 6.07) is 2.71. The summed E-state index contributed by atoms with van der Waals surface area (Å²) < 4.78 is 25.1. The minimum Gasteiger partial charge on any atom is -0.444 e. The van der Waals surface area contributed by atoms with Crippen LogP contribution in [0.1, 0.15) is 51.0 Å². The molecule has 36 heavy (non-hydrogen) atoms. The molecule has 192 valence electrons. The standard InChI is InChI=1S/C25H31FN6O4/c1-14(2)32(24(34)36-25(4,5)6)13-16-11-31(12-16)21-10-27-19(9-28-21)23(33)30-17-7-18(26)22-20(8-17)35-15(3)29-22/h7-10,14,16H,11-13H2,1-6H3,(H,30,33).